The third kappa shape index (κ3) is 2.94. The quantitative estimate of drug-likeness (QED) is 0.711. The van der Waals surface area contributed by atoms with Crippen molar-refractivity contribution in [1.82, 2.24) is 9.29 Å². The number of amides is 1. The monoisotopic (exact) mass is 360 g/mol. The first-order valence-electron chi connectivity index (χ1n) is 7.87. The van der Waals surface area contributed by atoms with Gasteiger partial charge in [0, 0.05) is 35.9 Å². The molecule has 132 valence electrons. The summed E-state index contributed by atoms with van der Waals surface area (Å²) in [7, 11) is 1.66. The van der Waals surface area contributed by atoms with E-state index in [1.54, 1.807) is 57.4 Å². The van der Waals surface area contributed by atoms with E-state index in [9.17, 15) is 14.7 Å². The SMILES string of the molecule is Cn1cccc(C2c3cc(C(=O)NS)ccc3OC(C)(C)C2O)c1=O. The van der Waals surface area contributed by atoms with Crippen LogP contribution in [0.1, 0.15) is 41.3 Å². The lowest BCUT2D eigenvalue weighted by Gasteiger charge is -2.42. The highest BCUT2D eigenvalue weighted by Crippen LogP contribution is 2.43. The number of pyridine rings is 1. The lowest BCUT2D eigenvalue weighted by atomic mass is 9.77. The van der Waals surface area contributed by atoms with Crippen LogP contribution in [-0.2, 0) is 7.05 Å². The molecule has 2 aromatic rings. The molecule has 2 unspecified atom stereocenters. The van der Waals surface area contributed by atoms with Crippen LogP contribution in [0, 0.1) is 0 Å². The average Bonchev–Trinajstić information content (AvgIpc) is 2.58. The Morgan fingerprint density at radius 2 is 2.04 bits per heavy atom. The summed E-state index contributed by atoms with van der Waals surface area (Å²) in [6.07, 6.45) is 0.707. The number of thiol groups is 1. The van der Waals surface area contributed by atoms with Crippen molar-refractivity contribution in [3.05, 3.63) is 63.6 Å². The number of rotatable bonds is 2. The van der Waals surface area contributed by atoms with Gasteiger partial charge in [-0.2, -0.15) is 0 Å². The number of carbonyl (C=O) groups excluding carboxylic acids is 1. The van der Waals surface area contributed by atoms with Gasteiger partial charge in [-0.05, 0) is 38.1 Å². The van der Waals surface area contributed by atoms with Crippen LogP contribution in [0.5, 0.6) is 5.75 Å². The Kier molecular flexibility index (Phi) is 4.38. The van der Waals surface area contributed by atoms with Crippen molar-refractivity contribution in [2.45, 2.75) is 31.5 Å². The summed E-state index contributed by atoms with van der Waals surface area (Å²) in [5.41, 5.74) is 0.357. The van der Waals surface area contributed by atoms with Crippen molar-refractivity contribution >= 4 is 18.7 Å². The number of nitrogens with one attached hydrogen (secondary N) is 1. The van der Waals surface area contributed by atoms with Gasteiger partial charge in [-0.3, -0.25) is 14.3 Å². The number of ether oxygens (including phenoxy) is 1. The van der Waals surface area contributed by atoms with Gasteiger partial charge in [0.15, 0.2) is 0 Å². The Hall–Kier alpha value is -2.25. The maximum atomic E-state index is 12.6. The maximum Gasteiger partial charge on any atom is 0.260 e. The zero-order valence-corrected chi connectivity index (χ0v) is 15.1. The Bertz CT molecular complexity index is 891. The third-order valence-electron chi connectivity index (χ3n) is 4.60. The van der Waals surface area contributed by atoms with Crippen LogP contribution in [0.15, 0.2) is 41.3 Å². The summed E-state index contributed by atoms with van der Waals surface area (Å²) < 4.78 is 9.66. The zero-order valence-electron chi connectivity index (χ0n) is 14.2. The first-order chi connectivity index (χ1) is 11.8. The smallest absolute Gasteiger partial charge is 0.260 e. The molecule has 25 heavy (non-hydrogen) atoms. The van der Waals surface area contributed by atoms with Crippen LogP contribution in [0.4, 0.5) is 0 Å². The normalized spacial score (nSPS) is 21.2. The molecule has 1 amide bonds. The lowest BCUT2D eigenvalue weighted by Crippen LogP contribution is -2.50. The molecule has 1 aromatic carbocycles. The summed E-state index contributed by atoms with van der Waals surface area (Å²) in [6.45, 7) is 3.55. The summed E-state index contributed by atoms with van der Waals surface area (Å²) in [5, 5.41) is 10.9. The van der Waals surface area contributed by atoms with Crippen LogP contribution in [0.25, 0.3) is 0 Å². The molecule has 2 heterocycles. The molecule has 0 aliphatic carbocycles. The van der Waals surface area contributed by atoms with Crippen LogP contribution in [0.3, 0.4) is 0 Å². The summed E-state index contributed by atoms with van der Waals surface area (Å²) in [6, 6.07) is 8.40. The number of carbonyl (C=O) groups is 1. The highest BCUT2D eigenvalue weighted by atomic mass is 32.1. The topological polar surface area (TPSA) is 80.6 Å². The molecular formula is C18H20N2O4S. The van der Waals surface area contributed by atoms with Gasteiger partial charge in [-0.15, -0.1) is 0 Å². The first-order valence-corrected chi connectivity index (χ1v) is 8.32. The minimum atomic E-state index is -0.954. The third-order valence-corrected chi connectivity index (χ3v) is 4.80. The average molecular weight is 360 g/mol. The molecule has 2 atom stereocenters. The Morgan fingerprint density at radius 1 is 1.32 bits per heavy atom. The van der Waals surface area contributed by atoms with Gasteiger partial charge >= 0.3 is 0 Å². The molecule has 0 bridgehead atoms. The second kappa shape index (κ2) is 6.24. The number of aryl methyl sites for hydroxylation is 1. The summed E-state index contributed by atoms with van der Waals surface area (Å²) in [4.78, 5) is 24.5. The molecule has 0 spiro atoms. The van der Waals surface area contributed by atoms with Gasteiger partial charge in [0.05, 0.1) is 0 Å². The van der Waals surface area contributed by atoms with E-state index < -0.39 is 17.6 Å². The van der Waals surface area contributed by atoms with Gasteiger partial charge < -0.3 is 14.4 Å². The fourth-order valence-corrected chi connectivity index (χ4v) is 3.33. The number of hydrogen-bond donors (Lipinski definition) is 3. The standard InChI is InChI=1S/C18H20N2O4S/c1-18(2)15(21)14(11-5-4-8-20(3)17(11)23)12-9-10(16(22)19-25)6-7-13(12)24-18/h4-9,14-15,21,25H,1-3H3,(H,19,22). The second-order valence-corrected chi connectivity index (χ2v) is 6.92. The minimum absolute atomic E-state index is 0.195. The first kappa shape index (κ1) is 17.6. The van der Waals surface area contributed by atoms with Crippen molar-refractivity contribution < 1.29 is 14.6 Å². The fraction of sp³-hybridized carbons (Fsp3) is 0.333. The number of aliphatic hydroxyl groups excluding tert-OH is 1. The van der Waals surface area contributed by atoms with E-state index in [-0.39, 0.29) is 11.5 Å². The summed E-state index contributed by atoms with van der Waals surface area (Å²) in [5.74, 6) is -0.432. The van der Waals surface area contributed by atoms with E-state index in [0.717, 1.165) is 0 Å². The van der Waals surface area contributed by atoms with E-state index in [4.69, 9.17) is 4.74 Å². The van der Waals surface area contributed by atoms with Gasteiger partial charge in [0.25, 0.3) is 11.5 Å². The molecule has 0 saturated carbocycles. The minimum Gasteiger partial charge on any atom is -0.485 e. The number of benzene rings is 1. The summed E-state index contributed by atoms with van der Waals surface area (Å²) >= 11 is 3.79. The van der Waals surface area contributed by atoms with Crippen molar-refractivity contribution in [3.8, 4) is 5.75 Å². The number of aliphatic hydroxyl groups is 1. The van der Waals surface area contributed by atoms with E-state index in [0.29, 0.717) is 22.4 Å². The van der Waals surface area contributed by atoms with E-state index >= 15 is 0 Å². The molecule has 7 heteroatoms. The fourth-order valence-electron chi connectivity index (χ4n) is 3.20. The predicted octanol–water partition coefficient (Wildman–Crippen LogP) is 1.62. The highest BCUT2D eigenvalue weighted by Gasteiger charge is 2.44. The second-order valence-electron chi connectivity index (χ2n) is 6.70. The van der Waals surface area contributed by atoms with E-state index in [1.165, 1.54) is 4.57 Å². The van der Waals surface area contributed by atoms with Crippen molar-refractivity contribution in [2.24, 2.45) is 7.05 Å². The maximum absolute atomic E-state index is 12.6. The molecule has 3 rings (SSSR count). The highest BCUT2D eigenvalue weighted by molar-refractivity contribution is 7.78. The molecule has 0 radical (unpaired) electrons. The number of aromatic nitrogens is 1. The molecule has 1 aliphatic rings. The van der Waals surface area contributed by atoms with Crippen molar-refractivity contribution in [1.29, 1.82) is 0 Å². The Morgan fingerprint density at radius 3 is 2.72 bits per heavy atom. The van der Waals surface area contributed by atoms with Gasteiger partial charge in [-0.1, -0.05) is 18.9 Å². The molecule has 0 saturated heterocycles. The molecule has 2 N–H and O–H groups in total. The van der Waals surface area contributed by atoms with Crippen molar-refractivity contribution in [2.75, 3.05) is 0 Å². The predicted molar refractivity (Wildman–Crippen MR) is 97.1 cm³/mol. The molecule has 1 aromatic heterocycles. The number of fused-ring (bicyclic) bond motifs is 1. The van der Waals surface area contributed by atoms with Gasteiger partial charge in [-0.25, -0.2) is 0 Å². The van der Waals surface area contributed by atoms with Crippen LogP contribution in [0.2, 0.25) is 0 Å². The molecule has 0 fully saturated rings. The van der Waals surface area contributed by atoms with Gasteiger partial charge in [0.1, 0.15) is 17.5 Å². The van der Waals surface area contributed by atoms with Crippen LogP contribution >= 0.6 is 12.8 Å². The van der Waals surface area contributed by atoms with Crippen LogP contribution < -0.4 is 15.0 Å². The van der Waals surface area contributed by atoms with Crippen molar-refractivity contribution in [3.63, 3.8) is 0 Å². The van der Waals surface area contributed by atoms with Crippen LogP contribution in [-0.4, -0.2) is 27.3 Å². The Labute approximate surface area is 151 Å². The zero-order chi connectivity index (χ0) is 18.4. The molecule has 6 nitrogen and oxygen atoms in total. The van der Waals surface area contributed by atoms with E-state index in [2.05, 4.69) is 17.5 Å². The molecular weight excluding hydrogens is 340 g/mol. The number of nitrogens with zero attached hydrogens (tertiary/aromatic N) is 1. The number of hydrogen-bond acceptors (Lipinski definition) is 5. The van der Waals surface area contributed by atoms with E-state index in [1.807, 2.05) is 0 Å². The largest absolute Gasteiger partial charge is 0.485 e. The Balaban J connectivity index is 2.25. The lowest BCUT2D eigenvalue weighted by molar-refractivity contribution is -0.0514. The molecule has 1 aliphatic heterocycles. The van der Waals surface area contributed by atoms with Gasteiger partial charge in [0.2, 0.25) is 0 Å².